The molecule has 0 amide bonds. The van der Waals surface area contributed by atoms with Crippen molar-refractivity contribution >= 4 is 0 Å². The van der Waals surface area contributed by atoms with E-state index in [9.17, 15) is 4.39 Å². The SMILES string of the molecule is CCC(C)(OC)C(NC)c1cccc(F)c1. The molecule has 0 bridgehead atoms. The molecule has 1 rings (SSSR count). The minimum atomic E-state index is -0.331. The van der Waals surface area contributed by atoms with Crippen LogP contribution in [-0.4, -0.2) is 19.8 Å². The van der Waals surface area contributed by atoms with Crippen LogP contribution in [0.15, 0.2) is 24.3 Å². The molecule has 0 spiro atoms. The van der Waals surface area contributed by atoms with Gasteiger partial charge in [-0.15, -0.1) is 0 Å². The van der Waals surface area contributed by atoms with Crippen LogP contribution in [0, 0.1) is 5.82 Å². The highest BCUT2D eigenvalue weighted by atomic mass is 19.1. The molecule has 0 fully saturated rings. The zero-order valence-electron chi connectivity index (χ0n) is 10.4. The van der Waals surface area contributed by atoms with Gasteiger partial charge in [-0.2, -0.15) is 0 Å². The first-order chi connectivity index (χ1) is 7.57. The summed E-state index contributed by atoms with van der Waals surface area (Å²) in [5.74, 6) is -0.215. The van der Waals surface area contributed by atoms with Gasteiger partial charge in [0.1, 0.15) is 5.82 Å². The second-order valence-electron chi connectivity index (χ2n) is 4.15. The molecular formula is C13H20FNO. The van der Waals surface area contributed by atoms with Gasteiger partial charge in [0, 0.05) is 7.11 Å². The highest BCUT2D eigenvalue weighted by Crippen LogP contribution is 2.31. The molecule has 0 heterocycles. The fraction of sp³-hybridized carbons (Fsp3) is 0.538. The molecule has 1 aromatic rings. The van der Waals surface area contributed by atoms with Crippen LogP contribution in [-0.2, 0) is 4.74 Å². The van der Waals surface area contributed by atoms with E-state index < -0.39 is 0 Å². The number of ether oxygens (including phenoxy) is 1. The topological polar surface area (TPSA) is 21.3 Å². The largest absolute Gasteiger partial charge is 0.377 e. The van der Waals surface area contributed by atoms with Crippen LogP contribution in [0.25, 0.3) is 0 Å². The lowest BCUT2D eigenvalue weighted by Gasteiger charge is -2.36. The Morgan fingerprint density at radius 2 is 2.19 bits per heavy atom. The lowest BCUT2D eigenvalue weighted by Crippen LogP contribution is -2.41. The van der Waals surface area contributed by atoms with Crippen molar-refractivity contribution in [3.8, 4) is 0 Å². The maximum absolute atomic E-state index is 13.2. The van der Waals surface area contributed by atoms with E-state index in [1.165, 1.54) is 6.07 Å². The van der Waals surface area contributed by atoms with Gasteiger partial charge in [-0.1, -0.05) is 19.1 Å². The van der Waals surface area contributed by atoms with Gasteiger partial charge in [0.15, 0.2) is 0 Å². The smallest absolute Gasteiger partial charge is 0.123 e. The molecule has 2 atom stereocenters. The summed E-state index contributed by atoms with van der Waals surface area (Å²) in [6, 6.07) is 6.62. The van der Waals surface area contributed by atoms with Gasteiger partial charge in [0.25, 0.3) is 0 Å². The predicted octanol–water partition coefficient (Wildman–Crippen LogP) is 2.90. The Bertz CT molecular complexity index is 336. The molecule has 1 N–H and O–H groups in total. The van der Waals surface area contributed by atoms with E-state index in [4.69, 9.17) is 4.74 Å². The Kier molecular flexibility index (Phi) is 4.44. The van der Waals surface area contributed by atoms with Crippen molar-refractivity contribution < 1.29 is 9.13 Å². The van der Waals surface area contributed by atoms with Gasteiger partial charge < -0.3 is 10.1 Å². The van der Waals surface area contributed by atoms with E-state index in [1.54, 1.807) is 19.2 Å². The van der Waals surface area contributed by atoms with Crippen LogP contribution in [0.1, 0.15) is 31.9 Å². The molecule has 0 aliphatic carbocycles. The lowest BCUT2D eigenvalue weighted by atomic mass is 9.88. The Morgan fingerprint density at radius 1 is 1.50 bits per heavy atom. The normalized spacial score (nSPS) is 16.8. The third-order valence-electron chi connectivity index (χ3n) is 3.25. The van der Waals surface area contributed by atoms with Crippen molar-refractivity contribution in [1.29, 1.82) is 0 Å². The Labute approximate surface area is 96.8 Å². The van der Waals surface area contributed by atoms with E-state index in [0.29, 0.717) is 0 Å². The second kappa shape index (κ2) is 5.41. The van der Waals surface area contributed by atoms with Crippen LogP contribution >= 0.6 is 0 Å². The summed E-state index contributed by atoms with van der Waals surface area (Å²) in [6.45, 7) is 4.09. The summed E-state index contributed by atoms with van der Waals surface area (Å²) >= 11 is 0. The van der Waals surface area contributed by atoms with Crippen LogP contribution in [0.4, 0.5) is 4.39 Å². The van der Waals surface area contributed by atoms with Crippen molar-refractivity contribution in [2.45, 2.75) is 31.9 Å². The van der Waals surface area contributed by atoms with Gasteiger partial charge >= 0.3 is 0 Å². The molecule has 0 saturated heterocycles. The van der Waals surface area contributed by atoms with E-state index in [0.717, 1.165) is 12.0 Å². The summed E-state index contributed by atoms with van der Waals surface area (Å²) in [4.78, 5) is 0. The first kappa shape index (κ1) is 13.1. The minimum Gasteiger partial charge on any atom is -0.377 e. The van der Waals surface area contributed by atoms with Crippen LogP contribution in [0.5, 0.6) is 0 Å². The number of likely N-dealkylation sites (N-methyl/N-ethyl adjacent to an activating group) is 1. The molecule has 0 aromatic heterocycles. The molecular weight excluding hydrogens is 205 g/mol. The second-order valence-corrected chi connectivity index (χ2v) is 4.15. The number of hydrogen-bond acceptors (Lipinski definition) is 2. The summed E-state index contributed by atoms with van der Waals surface area (Å²) in [5.41, 5.74) is 0.580. The highest BCUT2D eigenvalue weighted by molar-refractivity contribution is 5.23. The highest BCUT2D eigenvalue weighted by Gasteiger charge is 2.32. The molecule has 0 aliphatic heterocycles. The number of hydrogen-bond donors (Lipinski definition) is 1. The lowest BCUT2D eigenvalue weighted by molar-refractivity contribution is -0.0281. The predicted molar refractivity (Wildman–Crippen MR) is 63.9 cm³/mol. The molecule has 0 aliphatic rings. The zero-order chi connectivity index (χ0) is 12.2. The van der Waals surface area contributed by atoms with E-state index in [-0.39, 0.29) is 17.5 Å². The summed E-state index contributed by atoms with van der Waals surface area (Å²) < 4.78 is 18.7. The Balaban J connectivity index is 3.06. The minimum absolute atomic E-state index is 0.0156. The molecule has 2 nitrogen and oxygen atoms in total. The molecule has 1 aromatic carbocycles. The molecule has 0 radical (unpaired) electrons. The number of rotatable bonds is 5. The Hall–Kier alpha value is -0.930. The third kappa shape index (κ3) is 2.60. The number of methoxy groups -OCH3 is 1. The van der Waals surface area contributed by atoms with Crippen LogP contribution in [0.2, 0.25) is 0 Å². The summed E-state index contributed by atoms with van der Waals surface area (Å²) in [7, 11) is 3.55. The number of halogens is 1. The van der Waals surface area contributed by atoms with Crippen LogP contribution in [0.3, 0.4) is 0 Å². The standard InChI is InChI=1S/C13H20FNO/c1-5-13(2,16-4)12(15-3)10-7-6-8-11(14)9-10/h6-9,12,15H,5H2,1-4H3. The molecule has 2 unspecified atom stereocenters. The van der Waals surface area contributed by atoms with Crippen molar-refractivity contribution in [3.63, 3.8) is 0 Å². The molecule has 90 valence electrons. The van der Waals surface area contributed by atoms with Crippen molar-refractivity contribution in [2.75, 3.05) is 14.2 Å². The van der Waals surface area contributed by atoms with Crippen molar-refractivity contribution in [2.24, 2.45) is 0 Å². The fourth-order valence-electron chi connectivity index (χ4n) is 1.98. The summed E-state index contributed by atoms with van der Waals surface area (Å²) in [5, 5.41) is 3.20. The molecule has 16 heavy (non-hydrogen) atoms. The average molecular weight is 225 g/mol. The number of benzene rings is 1. The first-order valence-corrected chi connectivity index (χ1v) is 5.55. The number of nitrogens with one attached hydrogen (secondary N) is 1. The van der Waals surface area contributed by atoms with Gasteiger partial charge in [-0.25, -0.2) is 4.39 Å². The zero-order valence-corrected chi connectivity index (χ0v) is 10.4. The molecule has 0 saturated carbocycles. The quantitative estimate of drug-likeness (QED) is 0.832. The van der Waals surface area contributed by atoms with Crippen molar-refractivity contribution in [1.82, 2.24) is 5.32 Å². The summed E-state index contributed by atoms with van der Waals surface area (Å²) in [6.07, 6.45) is 0.853. The first-order valence-electron chi connectivity index (χ1n) is 5.55. The third-order valence-corrected chi connectivity index (χ3v) is 3.25. The van der Waals surface area contributed by atoms with Gasteiger partial charge in [-0.3, -0.25) is 0 Å². The maximum atomic E-state index is 13.2. The van der Waals surface area contributed by atoms with Gasteiger partial charge in [-0.05, 0) is 38.1 Å². The van der Waals surface area contributed by atoms with Gasteiger partial charge in [0.2, 0.25) is 0 Å². The van der Waals surface area contributed by atoms with E-state index in [1.807, 2.05) is 20.0 Å². The molecule has 3 heteroatoms. The fourth-order valence-corrected chi connectivity index (χ4v) is 1.98. The monoisotopic (exact) mass is 225 g/mol. The van der Waals surface area contributed by atoms with Crippen LogP contribution < -0.4 is 5.32 Å². The van der Waals surface area contributed by atoms with E-state index >= 15 is 0 Å². The van der Waals surface area contributed by atoms with Gasteiger partial charge in [0.05, 0.1) is 11.6 Å². The van der Waals surface area contributed by atoms with E-state index in [2.05, 4.69) is 12.2 Å². The maximum Gasteiger partial charge on any atom is 0.123 e. The Morgan fingerprint density at radius 3 is 2.62 bits per heavy atom. The average Bonchev–Trinajstić information content (AvgIpc) is 2.30. The van der Waals surface area contributed by atoms with Crippen molar-refractivity contribution in [3.05, 3.63) is 35.6 Å².